The second-order valence-electron chi connectivity index (χ2n) is 4.15. The number of rotatable bonds is 6. The van der Waals surface area contributed by atoms with Crippen LogP contribution in [0.3, 0.4) is 0 Å². The largest absolute Gasteiger partial charge is 0.327 e. The molecule has 0 heterocycles. The van der Waals surface area contributed by atoms with Gasteiger partial charge >= 0.3 is 0 Å². The zero-order valence-corrected chi connectivity index (χ0v) is 10.9. The molecule has 0 aliphatic rings. The van der Waals surface area contributed by atoms with Crippen LogP contribution in [0.1, 0.15) is 18.9 Å². The molecule has 1 aromatic carbocycles. The molecule has 0 radical (unpaired) electrons. The molecule has 6 nitrogen and oxygen atoms in total. The van der Waals surface area contributed by atoms with E-state index in [1.54, 1.807) is 0 Å². The quantitative estimate of drug-likeness (QED) is 0.620. The third kappa shape index (κ3) is 4.42. The van der Waals surface area contributed by atoms with Crippen molar-refractivity contribution in [3.63, 3.8) is 0 Å². The SMILES string of the molecule is CCC(N)CS(=O)(=O)Cc1ccc([N+](=O)[O-])cc1. The number of nitrogens with zero attached hydrogens (tertiary/aromatic N) is 1. The predicted octanol–water partition coefficient (Wildman–Crippen LogP) is 1.25. The van der Waals surface area contributed by atoms with Gasteiger partial charge in [-0.15, -0.1) is 0 Å². The molecule has 0 saturated carbocycles. The van der Waals surface area contributed by atoms with Crippen LogP contribution in [-0.2, 0) is 15.6 Å². The van der Waals surface area contributed by atoms with Gasteiger partial charge in [-0.3, -0.25) is 10.1 Å². The molecule has 7 heteroatoms. The van der Waals surface area contributed by atoms with E-state index < -0.39 is 14.8 Å². The monoisotopic (exact) mass is 272 g/mol. The summed E-state index contributed by atoms with van der Waals surface area (Å²) in [5.41, 5.74) is 6.09. The van der Waals surface area contributed by atoms with Gasteiger partial charge in [0.15, 0.2) is 9.84 Å². The third-order valence-corrected chi connectivity index (χ3v) is 4.24. The van der Waals surface area contributed by atoms with Crippen molar-refractivity contribution < 1.29 is 13.3 Å². The number of nitro groups is 1. The summed E-state index contributed by atoms with van der Waals surface area (Å²) in [5.74, 6) is -0.209. The average Bonchev–Trinajstić information content (AvgIpc) is 2.28. The molecule has 0 bridgehead atoms. The number of hydrogen-bond donors (Lipinski definition) is 1. The smallest absolute Gasteiger partial charge is 0.269 e. The zero-order chi connectivity index (χ0) is 13.8. The molecular formula is C11H16N2O4S. The number of sulfone groups is 1. The standard InChI is InChI=1S/C11H16N2O4S/c1-2-10(12)8-18(16,17)7-9-3-5-11(6-4-9)13(14)15/h3-6,10H,2,7-8,12H2,1H3. The number of hydrogen-bond acceptors (Lipinski definition) is 5. The summed E-state index contributed by atoms with van der Waals surface area (Å²) < 4.78 is 23.5. The average molecular weight is 272 g/mol. The lowest BCUT2D eigenvalue weighted by molar-refractivity contribution is -0.384. The van der Waals surface area contributed by atoms with E-state index in [1.165, 1.54) is 24.3 Å². The lowest BCUT2D eigenvalue weighted by atomic mass is 10.2. The highest BCUT2D eigenvalue weighted by Gasteiger charge is 2.16. The summed E-state index contributed by atoms with van der Waals surface area (Å²) in [5, 5.41) is 10.5. The molecular weight excluding hydrogens is 256 g/mol. The van der Waals surface area contributed by atoms with Crippen LogP contribution in [0.4, 0.5) is 5.69 Å². The molecule has 2 N–H and O–H groups in total. The van der Waals surface area contributed by atoms with Crippen molar-refractivity contribution in [3.8, 4) is 0 Å². The third-order valence-electron chi connectivity index (χ3n) is 2.53. The number of nitrogens with two attached hydrogens (primary N) is 1. The van der Waals surface area contributed by atoms with E-state index in [-0.39, 0.29) is 23.2 Å². The summed E-state index contributed by atoms with van der Waals surface area (Å²) in [7, 11) is -3.27. The molecule has 1 aromatic rings. The minimum atomic E-state index is -3.27. The first kappa shape index (κ1) is 14.6. The van der Waals surface area contributed by atoms with Gasteiger partial charge in [-0.2, -0.15) is 0 Å². The van der Waals surface area contributed by atoms with E-state index in [4.69, 9.17) is 5.73 Å². The number of benzene rings is 1. The van der Waals surface area contributed by atoms with E-state index in [0.29, 0.717) is 12.0 Å². The summed E-state index contributed by atoms with van der Waals surface area (Å²) in [6, 6.07) is 5.13. The van der Waals surface area contributed by atoms with Crippen LogP contribution in [0.15, 0.2) is 24.3 Å². The van der Waals surface area contributed by atoms with Gasteiger partial charge in [0, 0.05) is 18.2 Å². The van der Waals surface area contributed by atoms with Crippen LogP contribution in [0, 0.1) is 10.1 Å². The Kier molecular flexibility index (Phi) is 4.80. The maximum absolute atomic E-state index is 11.8. The molecule has 0 fully saturated rings. The van der Waals surface area contributed by atoms with Gasteiger partial charge in [0.05, 0.1) is 16.4 Å². The fourth-order valence-electron chi connectivity index (χ4n) is 1.47. The topological polar surface area (TPSA) is 103 Å². The van der Waals surface area contributed by atoms with Gasteiger partial charge in [-0.25, -0.2) is 8.42 Å². The summed E-state index contributed by atoms with van der Waals surface area (Å²) in [4.78, 5) is 9.93. The van der Waals surface area contributed by atoms with Crippen molar-refractivity contribution in [3.05, 3.63) is 39.9 Å². The normalized spacial score (nSPS) is 13.2. The van der Waals surface area contributed by atoms with Gasteiger partial charge in [0.1, 0.15) is 0 Å². The van der Waals surface area contributed by atoms with E-state index in [0.717, 1.165) is 0 Å². The maximum atomic E-state index is 11.8. The molecule has 0 aliphatic carbocycles. The fourth-order valence-corrected chi connectivity index (χ4v) is 3.18. The molecule has 0 amide bonds. The van der Waals surface area contributed by atoms with E-state index in [2.05, 4.69) is 0 Å². The molecule has 1 unspecified atom stereocenters. The first-order chi connectivity index (χ1) is 8.34. The Balaban J connectivity index is 2.75. The second-order valence-corrected chi connectivity index (χ2v) is 6.26. The highest BCUT2D eigenvalue weighted by atomic mass is 32.2. The second kappa shape index (κ2) is 5.92. The Morgan fingerprint density at radius 2 is 1.89 bits per heavy atom. The Morgan fingerprint density at radius 1 is 1.33 bits per heavy atom. The zero-order valence-electron chi connectivity index (χ0n) is 10.1. The van der Waals surface area contributed by atoms with Crippen molar-refractivity contribution in [1.29, 1.82) is 0 Å². The molecule has 18 heavy (non-hydrogen) atoms. The first-order valence-electron chi connectivity index (χ1n) is 5.53. The highest BCUT2D eigenvalue weighted by molar-refractivity contribution is 7.90. The van der Waals surface area contributed by atoms with Crippen molar-refractivity contribution >= 4 is 15.5 Å². The first-order valence-corrected chi connectivity index (χ1v) is 7.35. The summed E-state index contributed by atoms with van der Waals surface area (Å²) in [6.07, 6.45) is 0.597. The lowest BCUT2D eigenvalue weighted by Gasteiger charge is -2.09. The Hall–Kier alpha value is -1.47. The molecule has 0 aromatic heterocycles. The summed E-state index contributed by atoms with van der Waals surface area (Å²) >= 11 is 0. The minimum absolute atomic E-state index is 0.0543. The Labute approximate surface area is 106 Å². The van der Waals surface area contributed by atoms with E-state index in [1.807, 2.05) is 6.92 Å². The van der Waals surface area contributed by atoms with E-state index in [9.17, 15) is 18.5 Å². The molecule has 1 rings (SSSR count). The number of nitro benzene ring substituents is 1. The maximum Gasteiger partial charge on any atom is 0.269 e. The summed E-state index contributed by atoms with van der Waals surface area (Å²) in [6.45, 7) is 1.83. The lowest BCUT2D eigenvalue weighted by Crippen LogP contribution is -2.29. The molecule has 0 saturated heterocycles. The van der Waals surface area contributed by atoms with Crippen LogP contribution in [0.5, 0.6) is 0 Å². The molecule has 1 atom stereocenters. The molecule has 0 spiro atoms. The van der Waals surface area contributed by atoms with Crippen molar-refractivity contribution in [2.24, 2.45) is 5.73 Å². The van der Waals surface area contributed by atoms with Gasteiger partial charge in [0.2, 0.25) is 0 Å². The number of non-ortho nitro benzene ring substituents is 1. The van der Waals surface area contributed by atoms with Gasteiger partial charge < -0.3 is 5.73 Å². The highest BCUT2D eigenvalue weighted by Crippen LogP contribution is 2.14. The van der Waals surface area contributed by atoms with Gasteiger partial charge in [-0.05, 0) is 12.0 Å². The fraction of sp³-hybridized carbons (Fsp3) is 0.455. The molecule has 100 valence electrons. The minimum Gasteiger partial charge on any atom is -0.327 e. The Bertz CT molecular complexity index is 510. The Morgan fingerprint density at radius 3 is 2.33 bits per heavy atom. The van der Waals surface area contributed by atoms with Crippen molar-refractivity contribution in [2.45, 2.75) is 25.1 Å². The van der Waals surface area contributed by atoms with Crippen LogP contribution >= 0.6 is 0 Å². The van der Waals surface area contributed by atoms with E-state index >= 15 is 0 Å². The van der Waals surface area contributed by atoms with Gasteiger partial charge in [-0.1, -0.05) is 19.1 Å². The van der Waals surface area contributed by atoms with Crippen molar-refractivity contribution in [2.75, 3.05) is 5.75 Å². The van der Waals surface area contributed by atoms with Crippen LogP contribution in [-0.4, -0.2) is 25.1 Å². The molecule has 0 aliphatic heterocycles. The van der Waals surface area contributed by atoms with Crippen LogP contribution < -0.4 is 5.73 Å². The van der Waals surface area contributed by atoms with Crippen LogP contribution in [0.25, 0.3) is 0 Å². The van der Waals surface area contributed by atoms with Crippen molar-refractivity contribution in [1.82, 2.24) is 0 Å². The predicted molar refractivity (Wildman–Crippen MR) is 68.9 cm³/mol. The van der Waals surface area contributed by atoms with Crippen LogP contribution in [0.2, 0.25) is 0 Å². The van der Waals surface area contributed by atoms with Gasteiger partial charge in [0.25, 0.3) is 5.69 Å².